The second kappa shape index (κ2) is 9.09. The molecule has 1 fully saturated rings. The van der Waals surface area contributed by atoms with Gasteiger partial charge in [-0.1, -0.05) is 18.2 Å². The molecule has 1 saturated heterocycles. The quantitative estimate of drug-likeness (QED) is 0.345. The number of H-pyrrole nitrogens is 2. The summed E-state index contributed by atoms with van der Waals surface area (Å²) in [4.78, 5) is 35.9. The van der Waals surface area contributed by atoms with Crippen LogP contribution in [0, 0.1) is 6.92 Å². The summed E-state index contributed by atoms with van der Waals surface area (Å²) in [6, 6.07) is 15.5. The highest BCUT2D eigenvalue weighted by Gasteiger charge is 2.21. The van der Waals surface area contributed by atoms with Crippen LogP contribution in [0.4, 0.5) is 11.4 Å². The van der Waals surface area contributed by atoms with E-state index < -0.39 is 0 Å². The summed E-state index contributed by atoms with van der Waals surface area (Å²) < 4.78 is 5.49. The minimum Gasteiger partial charge on any atom is -0.378 e. The van der Waals surface area contributed by atoms with Gasteiger partial charge in [0.25, 0.3) is 5.56 Å². The van der Waals surface area contributed by atoms with Crippen LogP contribution in [0.3, 0.4) is 0 Å². The maximum absolute atomic E-state index is 13.4. The number of aryl methyl sites for hydroxylation is 1. The standard InChI is InChI=1S/C27H27N7O2/c1-16-9-10-28-25(29-16)17(2)30-24-19-5-3-4-6-20(19)33-27(35)23(24)26-31-21-8-7-18(15-22(21)32-26)34-11-13-36-14-12-34/h3-10,15,17H,11-14H2,1-2H3,(H,31,32)(H2,30,33,35)/t17-/m1/s1. The molecule has 1 atom stereocenters. The largest absolute Gasteiger partial charge is 0.378 e. The average Bonchev–Trinajstić information content (AvgIpc) is 3.32. The summed E-state index contributed by atoms with van der Waals surface area (Å²) in [5.74, 6) is 1.17. The SMILES string of the molecule is Cc1ccnc([C@@H](C)Nc2c(-c3nc4ccc(N5CCOCC5)cc4[nH]3)c(=O)[nH]c3ccccc23)n1. The first-order valence-corrected chi connectivity index (χ1v) is 12.1. The van der Waals surface area contributed by atoms with Crippen LogP contribution >= 0.6 is 0 Å². The lowest BCUT2D eigenvalue weighted by Crippen LogP contribution is -2.36. The molecule has 36 heavy (non-hydrogen) atoms. The number of imidazole rings is 1. The molecule has 0 amide bonds. The molecule has 3 aromatic heterocycles. The van der Waals surface area contributed by atoms with Gasteiger partial charge in [-0.15, -0.1) is 0 Å². The average molecular weight is 482 g/mol. The van der Waals surface area contributed by atoms with Crippen molar-refractivity contribution in [2.45, 2.75) is 19.9 Å². The number of nitrogens with one attached hydrogen (secondary N) is 3. The lowest BCUT2D eigenvalue weighted by Gasteiger charge is -2.28. The second-order valence-corrected chi connectivity index (χ2v) is 9.06. The Bertz CT molecular complexity index is 1620. The molecule has 9 nitrogen and oxygen atoms in total. The van der Waals surface area contributed by atoms with Gasteiger partial charge in [0.1, 0.15) is 17.2 Å². The maximum Gasteiger partial charge on any atom is 0.261 e. The number of anilines is 2. The third-order valence-electron chi connectivity index (χ3n) is 6.56. The van der Waals surface area contributed by atoms with E-state index >= 15 is 0 Å². The number of hydrogen-bond acceptors (Lipinski definition) is 7. The molecule has 4 heterocycles. The summed E-state index contributed by atoms with van der Waals surface area (Å²) in [5.41, 5.74) is 5.35. The zero-order valence-electron chi connectivity index (χ0n) is 20.2. The number of aromatic nitrogens is 5. The van der Waals surface area contributed by atoms with Gasteiger partial charge in [-0.05, 0) is 44.2 Å². The van der Waals surface area contributed by atoms with Crippen LogP contribution in [-0.4, -0.2) is 51.2 Å². The summed E-state index contributed by atoms with van der Waals surface area (Å²) in [6.45, 7) is 7.06. The Morgan fingerprint density at radius 3 is 2.69 bits per heavy atom. The molecule has 1 aliphatic rings. The number of fused-ring (bicyclic) bond motifs is 2. The van der Waals surface area contributed by atoms with Crippen molar-refractivity contribution in [2.75, 3.05) is 36.5 Å². The normalized spacial score (nSPS) is 14.9. The first kappa shape index (κ1) is 22.2. The first-order chi connectivity index (χ1) is 17.6. The molecule has 0 spiro atoms. The van der Waals surface area contributed by atoms with Gasteiger partial charge in [-0.25, -0.2) is 15.0 Å². The van der Waals surface area contributed by atoms with Gasteiger partial charge in [0, 0.05) is 36.1 Å². The topological polar surface area (TPSA) is 112 Å². The Kier molecular flexibility index (Phi) is 5.61. The Balaban J connectivity index is 1.47. The highest BCUT2D eigenvalue weighted by Crippen LogP contribution is 2.33. The number of benzene rings is 2. The third-order valence-corrected chi connectivity index (χ3v) is 6.56. The van der Waals surface area contributed by atoms with Crippen molar-refractivity contribution in [1.29, 1.82) is 0 Å². The van der Waals surface area contributed by atoms with Crippen LogP contribution in [-0.2, 0) is 4.74 Å². The van der Waals surface area contributed by atoms with Gasteiger partial charge in [0.05, 0.1) is 41.5 Å². The lowest BCUT2D eigenvalue weighted by atomic mass is 10.1. The Hall–Kier alpha value is -4.24. The van der Waals surface area contributed by atoms with Crippen LogP contribution in [0.25, 0.3) is 33.3 Å². The van der Waals surface area contributed by atoms with Crippen molar-refractivity contribution in [3.63, 3.8) is 0 Å². The smallest absolute Gasteiger partial charge is 0.261 e. The number of nitrogens with zero attached hydrogens (tertiary/aromatic N) is 4. The molecule has 9 heteroatoms. The van der Waals surface area contributed by atoms with Crippen molar-refractivity contribution in [1.82, 2.24) is 24.9 Å². The molecule has 0 aliphatic carbocycles. The van der Waals surface area contributed by atoms with Crippen LogP contribution in [0.15, 0.2) is 59.5 Å². The van der Waals surface area contributed by atoms with Crippen LogP contribution in [0.1, 0.15) is 24.5 Å². The Labute approximate surface area is 207 Å². The molecule has 0 radical (unpaired) electrons. The van der Waals surface area contributed by atoms with E-state index in [1.165, 1.54) is 0 Å². The minimum atomic E-state index is -0.230. The molecule has 0 bridgehead atoms. The zero-order chi connectivity index (χ0) is 24.6. The van der Waals surface area contributed by atoms with Gasteiger partial charge >= 0.3 is 0 Å². The van der Waals surface area contributed by atoms with Crippen molar-refractivity contribution < 1.29 is 4.74 Å². The molecule has 3 N–H and O–H groups in total. The first-order valence-electron chi connectivity index (χ1n) is 12.1. The van der Waals surface area contributed by atoms with Gasteiger partial charge in [-0.2, -0.15) is 0 Å². The molecule has 5 aromatic rings. The fourth-order valence-corrected chi connectivity index (χ4v) is 4.71. The number of rotatable bonds is 5. The number of hydrogen-bond donors (Lipinski definition) is 3. The fraction of sp³-hybridized carbons (Fsp3) is 0.259. The Morgan fingerprint density at radius 1 is 1.03 bits per heavy atom. The monoisotopic (exact) mass is 481 g/mol. The van der Waals surface area contributed by atoms with E-state index in [0.717, 1.165) is 59.6 Å². The van der Waals surface area contributed by atoms with Gasteiger partial charge in [0.15, 0.2) is 0 Å². The molecular weight excluding hydrogens is 454 g/mol. The summed E-state index contributed by atoms with van der Waals surface area (Å²) >= 11 is 0. The van der Waals surface area contributed by atoms with Crippen molar-refractivity contribution in [3.05, 3.63) is 76.6 Å². The number of morpholine rings is 1. The second-order valence-electron chi connectivity index (χ2n) is 9.06. The third kappa shape index (κ3) is 4.07. The molecule has 2 aromatic carbocycles. The molecule has 182 valence electrons. The van der Waals surface area contributed by atoms with E-state index in [4.69, 9.17) is 9.72 Å². The Morgan fingerprint density at radius 2 is 1.86 bits per heavy atom. The van der Waals surface area contributed by atoms with E-state index in [-0.39, 0.29) is 11.6 Å². The van der Waals surface area contributed by atoms with E-state index in [0.29, 0.717) is 22.9 Å². The predicted octanol–water partition coefficient (Wildman–Crippen LogP) is 4.18. The van der Waals surface area contributed by atoms with Crippen LogP contribution in [0.5, 0.6) is 0 Å². The molecule has 1 aliphatic heterocycles. The molecule has 0 saturated carbocycles. The summed E-state index contributed by atoms with van der Waals surface area (Å²) in [5, 5.41) is 4.41. The van der Waals surface area contributed by atoms with Crippen LogP contribution in [0.2, 0.25) is 0 Å². The number of pyridine rings is 1. The van der Waals surface area contributed by atoms with E-state index in [1.807, 2.05) is 50.2 Å². The number of para-hydroxylation sites is 1. The predicted molar refractivity (Wildman–Crippen MR) is 141 cm³/mol. The molecule has 0 unspecified atom stereocenters. The highest BCUT2D eigenvalue weighted by molar-refractivity contribution is 5.99. The van der Waals surface area contributed by atoms with Crippen molar-refractivity contribution in [2.24, 2.45) is 0 Å². The van der Waals surface area contributed by atoms with Gasteiger partial charge in [0.2, 0.25) is 0 Å². The zero-order valence-corrected chi connectivity index (χ0v) is 20.2. The summed E-state index contributed by atoms with van der Waals surface area (Å²) in [6.07, 6.45) is 1.75. The van der Waals surface area contributed by atoms with E-state index in [1.54, 1.807) is 6.20 Å². The fourth-order valence-electron chi connectivity index (χ4n) is 4.71. The van der Waals surface area contributed by atoms with Crippen molar-refractivity contribution in [3.8, 4) is 11.4 Å². The van der Waals surface area contributed by atoms with E-state index in [9.17, 15) is 4.79 Å². The van der Waals surface area contributed by atoms with Gasteiger partial charge in [-0.3, -0.25) is 4.79 Å². The molecule has 6 rings (SSSR count). The number of aromatic amines is 2. The van der Waals surface area contributed by atoms with Crippen LogP contribution < -0.4 is 15.8 Å². The van der Waals surface area contributed by atoms with Gasteiger partial charge < -0.3 is 24.9 Å². The maximum atomic E-state index is 13.4. The summed E-state index contributed by atoms with van der Waals surface area (Å²) in [7, 11) is 0. The molecular formula is C27H27N7O2. The van der Waals surface area contributed by atoms with Crippen molar-refractivity contribution >= 4 is 33.3 Å². The highest BCUT2D eigenvalue weighted by atomic mass is 16.5. The number of ether oxygens (including phenoxy) is 1. The minimum absolute atomic E-state index is 0.221. The van der Waals surface area contributed by atoms with E-state index in [2.05, 4.69) is 42.3 Å². The lowest BCUT2D eigenvalue weighted by molar-refractivity contribution is 0.122.